The van der Waals surface area contributed by atoms with Crippen molar-refractivity contribution in [3.05, 3.63) is 107 Å². The molecule has 0 bridgehead atoms. The SMILES string of the molecule is Cc1ccccc1N=C(C=CSc1ccc(F)cc1)c1ccccc1C. The first-order chi connectivity index (χ1) is 12.6. The summed E-state index contributed by atoms with van der Waals surface area (Å²) in [6.07, 6.45) is 2.02. The minimum atomic E-state index is -0.222. The fourth-order valence-corrected chi connectivity index (χ4v) is 3.20. The second-order valence-electron chi connectivity index (χ2n) is 5.97. The number of rotatable bonds is 5. The van der Waals surface area contributed by atoms with E-state index in [1.54, 1.807) is 23.9 Å². The Morgan fingerprint density at radius 2 is 1.50 bits per heavy atom. The van der Waals surface area contributed by atoms with Crippen LogP contribution in [0.1, 0.15) is 16.7 Å². The zero-order chi connectivity index (χ0) is 18.4. The van der Waals surface area contributed by atoms with Crippen molar-refractivity contribution < 1.29 is 4.39 Å². The topological polar surface area (TPSA) is 12.4 Å². The van der Waals surface area contributed by atoms with Gasteiger partial charge in [0.2, 0.25) is 0 Å². The van der Waals surface area contributed by atoms with Crippen molar-refractivity contribution in [2.45, 2.75) is 18.7 Å². The Morgan fingerprint density at radius 1 is 0.846 bits per heavy atom. The molecule has 1 nitrogen and oxygen atoms in total. The van der Waals surface area contributed by atoms with Crippen LogP contribution in [0.5, 0.6) is 0 Å². The standard InChI is InChI=1S/C23H20FNS/c1-17-7-3-5-9-21(17)23(25-22-10-6-4-8-18(22)2)15-16-26-20-13-11-19(24)12-14-20/h3-16H,1-2H3. The molecule has 0 fully saturated rings. The highest BCUT2D eigenvalue weighted by Gasteiger charge is 2.05. The number of aliphatic imine (C=N–C) groups is 1. The second-order valence-corrected chi connectivity index (χ2v) is 6.95. The molecule has 0 heterocycles. The van der Waals surface area contributed by atoms with Crippen molar-refractivity contribution in [1.82, 2.24) is 0 Å². The van der Waals surface area contributed by atoms with E-state index in [4.69, 9.17) is 4.99 Å². The van der Waals surface area contributed by atoms with Crippen molar-refractivity contribution >= 4 is 23.2 Å². The Morgan fingerprint density at radius 3 is 2.19 bits per heavy atom. The first-order valence-electron chi connectivity index (χ1n) is 8.42. The Hall–Kier alpha value is -2.65. The number of halogens is 1. The number of allylic oxidation sites excluding steroid dienone is 1. The smallest absolute Gasteiger partial charge is 0.123 e. The summed E-state index contributed by atoms with van der Waals surface area (Å²) in [5, 5.41) is 2.00. The van der Waals surface area contributed by atoms with E-state index in [1.165, 1.54) is 17.7 Å². The molecule has 0 aliphatic heterocycles. The van der Waals surface area contributed by atoms with Gasteiger partial charge in [0, 0.05) is 10.5 Å². The molecule has 3 aromatic rings. The third kappa shape index (κ3) is 4.70. The third-order valence-corrected chi connectivity index (χ3v) is 4.84. The summed E-state index contributed by atoms with van der Waals surface area (Å²) in [7, 11) is 0. The van der Waals surface area contributed by atoms with Crippen LogP contribution in [-0.2, 0) is 0 Å². The molecule has 0 saturated heterocycles. The van der Waals surface area contributed by atoms with E-state index >= 15 is 0 Å². The quantitative estimate of drug-likeness (QED) is 0.357. The predicted octanol–water partition coefficient (Wildman–Crippen LogP) is 6.87. The van der Waals surface area contributed by atoms with E-state index in [2.05, 4.69) is 32.0 Å². The van der Waals surface area contributed by atoms with Crippen molar-refractivity contribution in [1.29, 1.82) is 0 Å². The molecule has 3 rings (SSSR count). The summed E-state index contributed by atoms with van der Waals surface area (Å²) in [5.74, 6) is -0.222. The highest BCUT2D eigenvalue weighted by molar-refractivity contribution is 8.02. The summed E-state index contributed by atoms with van der Waals surface area (Å²) < 4.78 is 13.0. The molecular formula is C23H20FNS. The summed E-state index contributed by atoms with van der Waals surface area (Å²) in [6, 6.07) is 22.8. The molecule has 26 heavy (non-hydrogen) atoms. The van der Waals surface area contributed by atoms with Gasteiger partial charge in [0.05, 0.1) is 11.4 Å². The number of benzene rings is 3. The van der Waals surface area contributed by atoms with Crippen molar-refractivity contribution in [3.63, 3.8) is 0 Å². The van der Waals surface area contributed by atoms with Crippen molar-refractivity contribution in [2.75, 3.05) is 0 Å². The zero-order valence-electron chi connectivity index (χ0n) is 14.8. The lowest BCUT2D eigenvalue weighted by molar-refractivity contribution is 0.626. The second kappa shape index (κ2) is 8.63. The Kier molecular flexibility index (Phi) is 6.03. The molecule has 0 aromatic heterocycles. The summed E-state index contributed by atoms with van der Waals surface area (Å²) in [6.45, 7) is 4.15. The van der Waals surface area contributed by atoms with Crippen LogP contribution in [-0.4, -0.2) is 5.71 Å². The van der Waals surface area contributed by atoms with Gasteiger partial charge < -0.3 is 0 Å². The predicted molar refractivity (Wildman–Crippen MR) is 110 cm³/mol. The number of hydrogen-bond acceptors (Lipinski definition) is 2. The maximum atomic E-state index is 13.0. The van der Waals surface area contributed by atoms with Gasteiger partial charge in [-0.05, 0) is 66.8 Å². The number of aryl methyl sites for hydroxylation is 2. The first kappa shape index (κ1) is 18.2. The lowest BCUT2D eigenvalue weighted by Crippen LogP contribution is -1.99. The van der Waals surface area contributed by atoms with Gasteiger partial charge in [-0.15, -0.1) is 0 Å². The molecule has 0 saturated carbocycles. The monoisotopic (exact) mass is 361 g/mol. The summed E-state index contributed by atoms with van der Waals surface area (Å²) in [5.41, 5.74) is 5.29. The van der Waals surface area contributed by atoms with Gasteiger partial charge >= 0.3 is 0 Å². The van der Waals surface area contributed by atoms with Crippen LogP contribution >= 0.6 is 11.8 Å². The van der Waals surface area contributed by atoms with Gasteiger partial charge in [-0.1, -0.05) is 54.2 Å². The minimum absolute atomic E-state index is 0.222. The highest BCUT2D eigenvalue weighted by Crippen LogP contribution is 2.23. The fourth-order valence-electron chi connectivity index (χ4n) is 2.56. The number of hydrogen-bond donors (Lipinski definition) is 0. The van der Waals surface area contributed by atoms with Crippen molar-refractivity contribution in [3.8, 4) is 0 Å². The maximum absolute atomic E-state index is 13.0. The lowest BCUT2D eigenvalue weighted by atomic mass is 10.0. The maximum Gasteiger partial charge on any atom is 0.123 e. The molecule has 0 aliphatic carbocycles. The van der Waals surface area contributed by atoms with Crippen LogP contribution in [0, 0.1) is 19.7 Å². The fraction of sp³-hybridized carbons (Fsp3) is 0.0870. The molecule has 0 atom stereocenters. The number of nitrogens with zero attached hydrogens (tertiary/aromatic N) is 1. The van der Waals surface area contributed by atoms with Crippen LogP contribution < -0.4 is 0 Å². The third-order valence-electron chi connectivity index (χ3n) is 4.02. The van der Waals surface area contributed by atoms with Crippen molar-refractivity contribution in [2.24, 2.45) is 4.99 Å². The van der Waals surface area contributed by atoms with Gasteiger partial charge in [-0.25, -0.2) is 9.38 Å². The van der Waals surface area contributed by atoms with E-state index in [9.17, 15) is 4.39 Å². The van der Waals surface area contributed by atoms with Crippen LogP contribution in [0.2, 0.25) is 0 Å². The average Bonchev–Trinajstić information content (AvgIpc) is 2.65. The molecule has 0 spiro atoms. The van der Waals surface area contributed by atoms with Crippen LogP contribution in [0.4, 0.5) is 10.1 Å². The number of para-hydroxylation sites is 1. The molecule has 130 valence electrons. The molecule has 0 radical (unpaired) electrons. The molecule has 3 heteroatoms. The summed E-state index contributed by atoms with van der Waals surface area (Å²) >= 11 is 1.54. The first-order valence-corrected chi connectivity index (χ1v) is 9.30. The Bertz CT molecular complexity index is 942. The largest absolute Gasteiger partial charge is 0.248 e. The van der Waals surface area contributed by atoms with Gasteiger partial charge in [0.25, 0.3) is 0 Å². The van der Waals surface area contributed by atoms with Crippen LogP contribution in [0.25, 0.3) is 0 Å². The Labute approximate surface area is 158 Å². The molecule has 0 aliphatic rings. The van der Waals surface area contributed by atoms with Gasteiger partial charge in [-0.2, -0.15) is 0 Å². The Balaban J connectivity index is 1.93. The molecular weight excluding hydrogens is 341 g/mol. The molecule has 3 aromatic carbocycles. The van der Waals surface area contributed by atoms with E-state index < -0.39 is 0 Å². The molecule has 0 amide bonds. The van der Waals surface area contributed by atoms with E-state index in [0.717, 1.165) is 27.4 Å². The van der Waals surface area contributed by atoms with Gasteiger partial charge in [0.15, 0.2) is 0 Å². The van der Waals surface area contributed by atoms with Gasteiger partial charge in [-0.3, -0.25) is 0 Å². The molecule has 0 unspecified atom stereocenters. The van der Waals surface area contributed by atoms with E-state index in [1.807, 2.05) is 41.8 Å². The average molecular weight is 361 g/mol. The van der Waals surface area contributed by atoms with Gasteiger partial charge in [0.1, 0.15) is 5.82 Å². The lowest BCUT2D eigenvalue weighted by Gasteiger charge is -2.08. The zero-order valence-corrected chi connectivity index (χ0v) is 15.6. The normalized spacial score (nSPS) is 11.9. The van der Waals surface area contributed by atoms with Crippen LogP contribution in [0.15, 0.2) is 94.2 Å². The number of thioether (sulfide) groups is 1. The van der Waals surface area contributed by atoms with E-state index in [-0.39, 0.29) is 5.82 Å². The molecule has 0 N–H and O–H groups in total. The van der Waals surface area contributed by atoms with E-state index in [0.29, 0.717) is 0 Å². The highest BCUT2D eigenvalue weighted by atomic mass is 32.2. The van der Waals surface area contributed by atoms with Crippen LogP contribution in [0.3, 0.4) is 0 Å². The summed E-state index contributed by atoms with van der Waals surface area (Å²) in [4.78, 5) is 5.88. The minimum Gasteiger partial charge on any atom is -0.248 e.